The molecule has 1 fully saturated rings. The highest BCUT2D eigenvalue weighted by Gasteiger charge is 2.30. The average molecular weight is 270 g/mol. The van der Waals surface area contributed by atoms with Crippen molar-refractivity contribution in [2.24, 2.45) is 5.92 Å². The minimum absolute atomic E-state index is 0.0419. The quantitative estimate of drug-likeness (QED) is 0.897. The molecule has 1 saturated heterocycles. The first-order valence-corrected chi connectivity index (χ1v) is 6.23. The van der Waals surface area contributed by atoms with Crippen LogP contribution in [-0.4, -0.2) is 42.7 Å². The molecule has 5 heteroatoms. The lowest BCUT2D eigenvalue weighted by Gasteiger charge is -2.38. The van der Waals surface area contributed by atoms with Gasteiger partial charge in [-0.25, -0.2) is 0 Å². The summed E-state index contributed by atoms with van der Waals surface area (Å²) in [5, 5.41) is 9.51. The van der Waals surface area contributed by atoms with Crippen molar-refractivity contribution >= 4 is 17.5 Å². The number of benzene rings is 1. The van der Waals surface area contributed by atoms with Crippen molar-refractivity contribution in [3.63, 3.8) is 0 Å². The lowest BCUT2D eigenvalue weighted by Crippen LogP contribution is -2.51. The van der Waals surface area contributed by atoms with Gasteiger partial charge in [0.25, 0.3) is 0 Å². The summed E-state index contributed by atoms with van der Waals surface area (Å²) in [6.45, 7) is 1.42. The van der Waals surface area contributed by atoms with E-state index in [1.54, 1.807) is 30.2 Å². The van der Waals surface area contributed by atoms with E-state index in [4.69, 9.17) is 21.4 Å². The van der Waals surface area contributed by atoms with Gasteiger partial charge in [0.15, 0.2) is 0 Å². The molecule has 18 heavy (non-hydrogen) atoms. The van der Waals surface area contributed by atoms with E-state index in [9.17, 15) is 4.79 Å². The fourth-order valence-corrected chi connectivity index (χ4v) is 2.24. The van der Waals surface area contributed by atoms with Crippen molar-refractivity contribution < 1.29 is 14.6 Å². The molecule has 0 atom stereocenters. The molecule has 0 bridgehead atoms. The first-order chi connectivity index (χ1) is 8.63. The third kappa shape index (κ3) is 2.76. The molecule has 0 aliphatic carbocycles. The smallest absolute Gasteiger partial charge is 0.227 e. The van der Waals surface area contributed by atoms with Crippen molar-refractivity contribution in [3.8, 4) is 5.75 Å². The van der Waals surface area contributed by atoms with Crippen molar-refractivity contribution in [1.29, 1.82) is 0 Å². The van der Waals surface area contributed by atoms with E-state index in [0.717, 1.165) is 5.56 Å². The fourth-order valence-electron chi connectivity index (χ4n) is 2.05. The molecule has 4 nitrogen and oxygen atoms in total. The Labute approximate surface area is 111 Å². The van der Waals surface area contributed by atoms with Crippen LogP contribution in [0.15, 0.2) is 18.2 Å². The third-order valence-electron chi connectivity index (χ3n) is 3.15. The molecule has 1 aliphatic rings. The molecule has 0 unspecified atom stereocenters. The summed E-state index contributed by atoms with van der Waals surface area (Å²) in [4.78, 5) is 13.7. The van der Waals surface area contributed by atoms with Gasteiger partial charge in [-0.05, 0) is 18.2 Å². The van der Waals surface area contributed by atoms with Gasteiger partial charge in [0.1, 0.15) is 5.75 Å². The van der Waals surface area contributed by atoms with E-state index < -0.39 is 0 Å². The minimum atomic E-state index is 0.0419. The molecule has 0 saturated carbocycles. The highest BCUT2D eigenvalue weighted by atomic mass is 35.5. The summed E-state index contributed by atoms with van der Waals surface area (Å²) in [7, 11) is 1.57. The third-order valence-corrected chi connectivity index (χ3v) is 3.39. The van der Waals surface area contributed by atoms with Crippen LogP contribution < -0.4 is 4.74 Å². The summed E-state index contributed by atoms with van der Waals surface area (Å²) in [6, 6.07) is 5.25. The monoisotopic (exact) mass is 269 g/mol. The van der Waals surface area contributed by atoms with E-state index >= 15 is 0 Å². The molecular weight excluding hydrogens is 254 g/mol. The van der Waals surface area contributed by atoms with E-state index in [2.05, 4.69) is 0 Å². The molecule has 1 aliphatic heterocycles. The Hall–Kier alpha value is -1.26. The van der Waals surface area contributed by atoms with Crippen LogP contribution in [0.2, 0.25) is 5.02 Å². The number of carbonyl (C=O) groups is 1. The van der Waals surface area contributed by atoms with Gasteiger partial charge in [-0.15, -0.1) is 0 Å². The predicted octanol–water partition coefficient (Wildman–Crippen LogP) is 1.34. The second kappa shape index (κ2) is 5.59. The van der Waals surface area contributed by atoms with Gasteiger partial charge in [0, 0.05) is 36.2 Å². The zero-order valence-electron chi connectivity index (χ0n) is 10.2. The number of hydrogen-bond donors (Lipinski definition) is 1. The normalized spacial score (nSPS) is 15.4. The van der Waals surface area contributed by atoms with Gasteiger partial charge >= 0.3 is 0 Å². The van der Waals surface area contributed by atoms with Crippen LogP contribution in [0.4, 0.5) is 0 Å². The molecular formula is C13H16ClNO3. The second-order valence-electron chi connectivity index (χ2n) is 4.48. The number of aliphatic hydroxyl groups is 1. The number of hydrogen-bond acceptors (Lipinski definition) is 3. The Morgan fingerprint density at radius 2 is 2.28 bits per heavy atom. The molecule has 0 aromatic heterocycles. The molecule has 1 aromatic rings. The lowest BCUT2D eigenvalue weighted by molar-refractivity contribution is -0.137. The summed E-state index contributed by atoms with van der Waals surface area (Å²) in [6.07, 6.45) is 0.280. The summed E-state index contributed by atoms with van der Waals surface area (Å²) in [5.41, 5.74) is 0.794. The average Bonchev–Trinajstić information content (AvgIpc) is 2.28. The van der Waals surface area contributed by atoms with Gasteiger partial charge in [0.2, 0.25) is 5.91 Å². The number of nitrogens with zero attached hydrogens (tertiary/aromatic N) is 1. The number of halogens is 1. The number of ether oxygens (including phenoxy) is 1. The summed E-state index contributed by atoms with van der Waals surface area (Å²) in [5.74, 6) is 0.947. The van der Waals surface area contributed by atoms with Gasteiger partial charge in [-0.3, -0.25) is 4.79 Å². The Bertz CT molecular complexity index is 444. The number of methoxy groups -OCH3 is 1. The maximum Gasteiger partial charge on any atom is 0.227 e. The Kier molecular flexibility index (Phi) is 4.09. The van der Waals surface area contributed by atoms with Crippen LogP contribution in [0.5, 0.6) is 5.75 Å². The molecule has 1 amide bonds. The number of amides is 1. The van der Waals surface area contributed by atoms with Gasteiger partial charge in [0.05, 0.1) is 13.5 Å². The van der Waals surface area contributed by atoms with Crippen molar-refractivity contribution in [3.05, 3.63) is 28.8 Å². The van der Waals surface area contributed by atoms with Crippen LogP contribution >= 0.6 is 11.6 Å². The number of aliphatic hydroxyl groups excluding tert-OH is 1. The Morgan fingerprint density at radius 1 is 1.56 bits per heavy atom. The summed E-state index contributed by atoms with van der Waals surface area (Å²) >= 11 is 5.92. The van der Waals surface area contributed by atoms with Crippen molar-refractivity contribution in [1.82, 2.24) is 4.90 Å². The zero-order valence-corrected chi connectivity index (χ0v) is 11.0. The van der Waals surface area contributed by atoms with Crippen LogP contribution in [0, 0.1) is 5.92 Å². The van der Waals surface area contributed by atoms with Crippen LogP contribution in [0.3, 0.4) is 0 Å². The van der Waals surface area contributed by atoms with Gasteiger partial charge in [-0.2, -0.15) is 0 Å². The Balaban J connectivity index is 2.01. The van der Waals surface area contributed by atoms with Crippen LogP contribution in [0.25, 0.3) is 0 Å². The van der Waals surface area contributed by atoms with Gasteiger partial charge in [-0.1, -0.05) is 11.6 Å². The van der Waals surface area contributed by atoms with Crippen molar-refractivity contribution in [2.75, 3.05) is 26.8 Å². The largest absolute Gasteiger partial charge is 0.496 e. The summed E-state index contributed by atoms with van der Waals surface area (Å²) < 4.78 is 5.21. The highest BCUT2D eigenvalue weighted by molar-refractivity contribution is 6.30. The highest BCUT2D eigenvalue weighted by Crippen LogP contribution is 2.25. The van der Waals surface area contributed by atoms with Crippen LogP contribution in [-0.2, 0) is 11.2 Å². The number of carbonyl (C=O) groups excluding carboxylic acids is 1. The van der Waals surface area contributed by atoms with Crippen molar-refractivity contribution in [2.45, 2.75) is 6.42 Å². The maximum atomic E-state index is 12.0. The first kappa shape index (κ1) is 13.2. The SMILES string of the molecule is COc1ccc(Cl)cc1CC(=O)N1CC(CO)C1. The van der Waals surface area contributed by atoms with Crippen LogP contribution in [0.1, 0.15) is 5.56 Å². The standard InChI is InChI=1S/C13H16ClNO3/c1-18-12-3-2-11(14)4-10(12)5-13(17)15-6-9(7-15)8-16/h2-4,9,16H,5-8H2,1H3. The zero-order chi connectivity index (χ0) is 13.1. The number of rotatable bonds is 4. The number of likely N-dealkylation sites (tertiary alicyclic amines) is 1. The molecule has 98 valence electrons. The van der Waals surface area contributed by atoms with E-state index in [1.165, 1.54) is 0 Å². The predicted molar refractivity (Wildman–Crippen MR) is 68.9 cm³/mol. The van der Waals surface area contributed by atoms with E-state index in [-0.39, 0.29) is 24.9 Å². The Morgan fingerprint density at radius 3 is 2.89 bits per heavy atom. The second-order valence-corrected chi connectivity index (χ2v) is 4.92. The van der Waals surface area contributed by atoms with E-state index in [1.807, 2.05) is 0 Å². The first-order valence-electron chi connectivity index (χ1n) is 5.85. The molecule has 0 radical (unpaired) electrons. The fraction of sp³-hybridized carbons (Fsp3) is 0.462. The maximum absolute atomic E-state index is 12.0. The molecule has 1 aromatic carbocycles. The lowest BCUT2D eigenvalue weighted by atomic mass is 10.00. The van der Waals surface area contributed by atoms with Gasteiger partial charge < -0.3 is 14.7 Å². The van der Waals surface area contributed by atoms with E-state index in [0.29, 0.717) is 23.9 Å². The topological polar surface area (TPSA) is 49.8 Å². The molecule has 0 spiro atoms. The minimum Gasteiger partial charge on any atom is -0.496 e. The molecule has 2 rings (SSSR count). The molecule has 1 heterocycles. The molecule has 1 N–H and O–H groups in total.